The quantitative estimate of drug-likeness (QED) is 0.489. The Morgan fingerprint density at radius 3 is 1.19 bits per heavy atom. The van der Waals surface area contributed by atoms with Crippen LogP contribution in [0.25, 0.3) is 0 Å². The molecule has 180 valence electrons. The molecular weight excluding hydrogens is 408 g/mol. The molecule has 4 nitrogen and oxygen atoms in total. The Morgan fingerprint density at radius 2 is 0.839 bits per heavy atom. The van der Waals surface area contributed by atoms with Crippen LogP contribution in [-0.2, 0) is 19.3 Å². The minimum atomic E-state index is -2.88. The molecule has 0 amide bonds. The molecule has 0 aliphatic heterocycles. The third kappa shape index (κ3) is 6.93. The summed E-state index contributed by atoms with van der Waals surface area (Å²) in [7, 11) is -2.88. The van der Waals surface area contributed by atoms with Crippen LogP contribution in [0.5, 0.6) is 0 Å². The minimum absolute atomic E-state index is 0.135. The Balaban J connectivity index is 1.11. The van der Waals surface area contributed by atoms with Crippen LogP contribution in [0.3, 0.4) is 0 Å². The fourth-order valence-corrected chi connectivity index (χ4v) is 8.03. The van der Waals surface area contributed by atoms with Crippen LogP contribution in [0.15, 0.2) is 0 Å². The van der Waals surface area contributed by atoms with Crippen molar-refractivity contribution in [2.75, 3.05) is 6.26 Å². The van der Waals surface area contributed by atoms with E-state index in [-0.39, 0.29) is 11.4 Å². The first kappa shape index (κ1) is 24.0. The van der Waals surface area contributed by atoms with Gasteiger partial charge in [-0.05, 0) is 120 Å². The van der Waals surface area contributed by atoms with Gasteiger partial charge < -0.3 is 9.47 Å². The molecule has 4 aliphatic carbocycles. The van der Waals surface area contributed by atoms with Gasteiger partial charge in [0.1, 0.15) is 9.84 Å². The monoisotopic (exact) mass is 454 g/mol. The zero-order valence-corrected chi connectivity index (χ0v) is 20.8. The molecule has 0 bridgehead atoms. The molecular formula is C26H46O4S. The first-order chi connectivity index (χ1) is 14.9. The van der Waals surface area contributed by atoms with Crippen molar-refractivity contribution in [1.29, 1.82) is 0 Å². The van der Waals surface area contributed by atoms with Gasteiger partial charge in [-0.25, -0.2) is 8.42 Å². The summed E-state index contributed by atoms with van der Waals surface area (Å²) < 4.78 is 36.4. The molecule has 4 saturated carbocycles. The molecule has 0 radical (unpaired) electrons. The normalized spacial score (nSPS) is 42.9. The molecule has 31 heavy (non-hydrogen) atoms. The lowest BCUT2D eigenvalue weighted by atomic mass is 9.72. The van der Waals surface area contributed by atoms with E-state index in [2.05, 4.69) is 6.92 Å². The third-order valence-electron chi connectivity index (χ3n) is 9.06. The Labute approximate surface area is 191 Å². The van der Waals surface area contributed by atoms with Gasteiger partial charge in [-0.3, -0.25) is 0 Å². The summed E-state index contributed by atoms with van der Waals surface area (Å²) in [6.45, 7) is 2.38. The van der Waals surface area contributed by atoms with Gasteiger partial charge in [0.2, 0.25) is 0 Å². The van der Waals surface area contributed by atoms with Crippen LogP contribution < -0.4 is 0 Å². The van der Waals surface area contributed by atoms with E-state index in [1.165, 1.54) is 83.3 Å². The van der Waals surface area contributed by atoms with Gasteiger partial charge in [0, 0.05) is 6.26 Å². The third-order valence-corrected chi connectivity index (χ3v) is 10.7. The second-order valence-corrected chi connectivity index (χ2v) is 13.8. The van der Waals surface area contributed by atoms with Crippen molar-refractivity contribution >= 4 is 9.84 Å². The van der Waals surface area contributed by atoms with Crippen LogP contribution >= 0.6 is 0 Å². The molecule has 5 heteroatoms. The summed E-state index contributed by atoms with van der Waals surface area (Å²) in [5.41, 5.74) is 0. The fourth-order valence-electron chi connectivity index (χ4n) is 6.90. The van der Waals surface area contributed by atoms with E-state index in [1.807, 2.05) is 0 Å². The summed E-state index contributed by atoms with van der Waals surface area (Å²) in [6, 6.07) is 0. The number of sulfone groups is 1. The van der Waals surface area contributed by atoms with Crippen molar-refractivity contribution in [3.8, 4) is 0 Å². The van der Waals surface area contributed by atoms with Crippen molar-refractivity contribution in [1.82, 2.24) is 0 Å². The zero-order chi connectivity index (χ0) is 21.8. The van der Waals surface area contributed by atoms with Crippen molar-refractivity contribution in [2.45, 2.75) is 139 Å². The van der Waals surface area contributed by atoms with E-state index in [9.17, 15) is 8.42 Å². The first-order valence-corrected chi connectivity index (χ1v) is 15.3. The maximum Gasteiger partial charge on any atom is 0.150 e. The molecule has 0 saturated heterocycles. The second kappa shape index (κ2) is 10.9. The summed E-state index contributed by atoms with van der Waals surface area (Å²) in [4.78, 5) is 0. The molecule has 0 unspecified atom stereocenters. The number of hydrogen-bond donors (Lipinski definition) is 0. The average Bonchev–Trinajstić information content (AvgIpc) is 2.76. The van der Waals surface area contributed by atoms with Gasteiger partial charge in [0.15, 0.2) is 0 Å². The van der Waals surface area contributed by atoms with Gasteiger partial charge >= 0.3 is 0 Å². The number of hydrogen-bond acceptors (Lipinski definition) is 4. The zero-order valence-electron chi connectivity index (χ0n) is 20.0. The Hall–Kier alpha value is -0.130. The average molecular weight is 455 g/mol. The lowest BCUT2D eigenvalue weighted by Crippen LogP contribution is -2.35. The summed E-state index contributed by atoms with van der Waals surface area (Å²) in [6.07, 6.45) is 22.1. The predicted molar refractivity (Wildman–Crippen MR) is 126 cm³/mol. The van der Waals surface area contributed by atoms with Crippen molar-refractivity contribution in [2.24, 2.45) is 17.8 Å². The molecule has 4 rings (SSSR count). The van der Waals surface area contributed by atoms with Gasteiger partial charge in [-0.1, -0.05) is 6.92 Å². The molecule has 0 spiro atoms. The van der Waals surface area contributed by atoms with E-state index in [1.54, 1.807) is 0 Å². The van der Waals surface area contributed by atoms with Crippen LogP contribution in [0.1, 0.15) is 110 Å². The Kier molecular flexibility index (Phi) is 8.41. The predicted octanol–water partition coefficient (Wildman–Crippen LogP) is 6.07. The maximum absolute atomic E-state index is 11.8. The highest BCUT2D eigenvalue weighted by molar-refractivity contribution is 7.91. The summed E-state index contributed by atoms with van der Waals surface area (Å²) in [5, 5.41) is -0.135. The van der Waals surface area contributed by atoms with Gasteiger partial charge in [-0.15, -0.1) is 0 Å². The van der Waals surface area contributed by atoms with E-state index >= 15 is 0 Å². The van der Waals surface area contributed by atoms with E-state index < -0.39 is 9.84 Å². The Morgan fingerprint density at radius 1 is 0.516 bits per heavy atom. The molecule has 4 fully saturated rings. The standard InChI is InChI=1S/C26H46O4S/c1-19-3-9-22(10-4-19)29-23-11-5-20(6-12-23)21-7-13-24(14-8-21)30-25-15-17-26(18-16-25)31(2,27)28/h19-26H,3-18H2,1-2H3. The van der Waals surface area contributed by atoms with Crippen LogP contribution in [0.4, 0.5) is 0 Å². The number of rotatable bonds is 6. The molecule has 0 aromatic heterocycles. The molecule has 0 heterocycles. The van der Waals surface area contributed by atoms with Crippen LogP contribution in [0, 0.1) is 17.8 Å². The van der Waals surface area contributed by atoms with E-state index in [4.69, 9.17) is 9.47 Å². The maximum atomic E-state index is 11.8. The van der Waals surface area contributed by atoms with Gasteiger partial charge in [0.25, 0.3) is 0 Å². The van der Waals surface area contributed by atoms with Gasteiger partial charge in [0.05, 0.1) is 29.7 Å². The van der Waals surface area contributed by atoms with E-state index in [0.29, 0.717) is 18.3 Å². The van der Waals surface area contributed by atoms with Crippen LogP contribution in [0.2, 0.25) is 0 Å². The highest BCUT2D eigenvalue weighted by Gasteiger charge is 2.34. The lowest BCUT2D eigenvalue weighted by Gasteiger charge is -2.40. The van der Waals surface area contributed by atoms with E-state index in [0.717, 1.165) is 43.4 Å². The topological polar surface area (TPSA) is 52.6 Å². The highest BCUT2D eigenvalue weighted by atomic mass is 32.2. The molecule has 0 aromatic rings. The first-order valence-electron chi connectivity index (χ1n) is 13.4. The SMILES string of the molecule is CC1CCC(OC2CCC(C3CCC(OC4CCC(S(C)(=O)=O)CC4)CC3)CC2)CC1. The van der Waals surface area contributed by atoms with Crippen molar-refractivity contribution in [3.05, 3.63) is 0 Å². The van der Waals surface area contributed by atoms with Crippen LogP contribution in [-0.4, -0.2) is 44.3 Å². The second-order valence-electron chi connectivity index (χ2n) is 11.5. The van der Waals surface area contributed by atoms with Gasteiger partial charge in [-0.2, -0.15) is 0 Å². The molecule has 0 atom stereocenters. The lowest BCUT2D eigenvalue weighted by molar-refractivity contribution is -0.0695. The largest absolute Gasteiger partial charge is 0.375 e. The smallest absolute Gasteiger partial charge is 0.150 e. The van der Waals surface area contributed by atoms with Crippen molar-refractivity contribution in [3.63, 3.8) is 0 Å². The summed E-state index contributed by atoms with van der Waals surface area (Å²) in [5.74, 6) is 2.69. The molecule has 4 aliphatic rings. The highest BCUT2D eigenvalue weighted by Crippen LogP contribution is 2.41. The fraction of sp³-hybridized carbons (Fsp3) is 1.00. The molecule has 0 aromatic carbocycles. The number of ether oxygens (including phenoxy) is 2. The summed E-state index contributed by atoms with van der Waals surface area (Å²) >= 11 is 0. The minimum Gasteiger partial charge on any atom is -0.375 e. The Bertz CT molecular complexity index is 630. The van der Waals surface area contributed by atoms with Crippen molar-refractivity contribution < 1.29 is 17.9 Å². The molecule has 0 N–H and O–H groups in total.